The summed E-state index contributed by atoms with van der Waals surface area (Å²) in [6.45, 7) is 3.85. The first-order valence-corrected chi connectivity index (χ1v) is 13.5. The summed E-state index contributed by atoms with van der Waals surface area (Å²) in [6.07, 6.45) is 21.6. The third kappa shape index (κ3) is 3.45. The van der Waals surface area contributed by atoms with E-state index in [9.17, 15) is 10.2 Å². The molecule has 4 unspecified atom stereocenters. The van der Waals surface area contributed by atoms with Gasteiger partial charge in [-0.05, 0) is 46.4 Å². The lowest BCUT2D eigenvalue weighted by Crippen LogP contribution is -2.38. The van der Waals surface area contributed by atoms with Gasteiger partial charge in [-0.3, -0.25) is 0 Å². The van der Waals surface area contributed by atoms with Crippen LogP contribution in [-0.4, -0.2) is 37.6 Å². The second kappa shape index (κ2) is 9.71. The van der Waals surface area contributed by atoms with Gasteiger partial charge >= 0.3 is 0 Å². The average molecular weight is 519 g/mol. The lowest BCUT2D eigenvalue weighted by atomic mass is 9.65. The molecule has 2 aromatic rings. The fourth-order valence-corrected chi connectivity index (χ4v) is 7.23. The maximum Gasteiger partial charge on any atom is 0.123 e. The van der Waals surface area contributed by atoms with E-state index in [1.165, 1.54) is 5.57 Å². The molecule has 0 amide bonds. The van der Waals surface area contributed by atoms with E-state index in [0.717, 1.165) is 39.8 Å². The highest BCUT2D eigenvalue weighted by molar-refractivity contribution is 5.82. The molecule has 0 fully saturated rings. The highest BCUT2D eigenvalue weighted by Crippen LogP contribution is 2.59. The Morgan fingerprint density at radius 1 is 0.949 bits per heavy atom. The molecular formula is C35H34O4. The van der Waals surface area contributed by atoms with Crippen molar-refractivity contribution < 1.29 is 19.7 Å². The van der Waals surface area contributed by atoms with E-state index in [0.29, 0.717) is 11.5 Å². The Hall–Kier alpha value is -3.86. The van der Waals surface area contributed by atoms with Gasteiger partial charge in [0.15, 0.2) is 0 Å². The number of hydrogen-bond acceptors (Lipinski definition) is 4. The SMILES string of the molecule is C=C/C1=C\C=CC2C=CC(=C2)C1(CO)c1cc(OC)c(C2(CO)c3ccccc3C3=CC=CCC32)cc1OC. The van der Waals surface area contributed by atoms with Crippen molar-refractivity contribution in [3.63, 3.8) is 0 Å². The molecule has 6 rings (SSSR count). The van der Waals surface area contributed by atoms with Gasteiger partial charge in [0.05, 0.1) is 38.3 Å². The summed E-state index contributed by atoms with van der Waals surface area (Å²) in [5.74, 6) is 1.50. The first-order chi connectivity index (χ1) is 19.1. The van der Waals surface area contributed by atoms with Crippen LogP contribution in [0.2, 0.25) is 0 Å². The van der Waals surface area contributed by atoms with Crippen LogP contribution in [0.3, 0.4) is 0 Å². The van der Waals surface area contributed by atoms with E-state index in [2.05, 4.69) is 67.3 Å². The summed E-state index contributed by atoms with van der Waals surface area (Å²) < 4.78 is 12.2. The topological polar surface area (TPSA) is 58.9 Å². The minimum absolute atomic E-state index is 0.0533. The molecule has 198 valence electrons. The van der Waals surface area contributed by atoms with Gasteiger partial charge in [-0.2, -0.15) is 0 Å². The predicted molar refractivity (Wildman–Crippen MR) is 156 cm³/mol. The van der Waals surface area contributed by atoms with E-state index in [1.54, 1.807) is 14.2 Å². The van der Waals surface area contributed by atoms with Crippen LogP contribution < -0.4 is 9.47 Å². The number of hydrogen-bond donors (Lipinski definition) is 2. The normalized spacial score (nSPS) is 29.4. The Morgan fingerprint density at radius 3 is 2.46 bits per heavy atom. The lowest BCUT2D eigenvalue weighted by Gasteiger charge is -2.40. The van der Waals surface area contributed by atoms with Crippen molar-refractivity contribution >= 4 is 5.57 Å². The third-order valence-electron chi connectivity index (χ3n) is 9.11. The fourth-order valence-electron chi connectivity index (χ4n) is 7.23. The summed E-state index contributed by atoms with van der Waals surface area (Å²) in [6, 6.07) is 12.4. The van der Waals surface area contributed by atoms with Crippen molar-refractivity contribution in [2.45, 2.75) is 17.3 Å². The highest BCUT2D eigenvalue weighted by Gasteiger charge is 2.52. The molecule has 4 heteroatoms. The minimum atomic E-state index is -0.895. The molecular weight excluding hydrogens is 484 g/mol. The molecule has 39 heavy (non-hydrogen) atoms. The van der Waals surface area contributed by atoms with Crippen LogP contribution in [0.4, 0.5) is 0 Å². The molecule has 2 aromatic carbocycles. The molecule has 4 aliphatic carbocycles. The smallest absolute Gasteiger partial charge is 0.123 e. The highest BCUT2D eigenvalue weighted by atomic mass is 16.5. The van der Waals surface area contributed by atoms with Gasteiger partial charge in [0.25, 0.3) is 0 Å². The number of methoxy groups -OCH3 is 2. The molecule has 2 bridgehead atoms. The van der Waals surface area contributed by atoms with Crippen molar-refractivity contribution in [1.82, 2.24) is 0 Å². The molecule has 0 heterocycles. The third-order valence-corrected chi connectivity index (χ3v) is 9.11. The van der Waals surface area contributed by atoms with Gasteiger partial charge in [0.2, 0.25) is 0 Å². The van der Waals surface area contributed by atoms with Gasteiger partial charge < -0.3 is 19.7 Å². The molecule has 0 aliphatic heterocycles. The van der Waals surface area contributed by atoms with Crippen molar-refractivity contribution in [1.29, 1.82) is 0 Å². The van der Waals surface area contributed by atoms with Crippen LogP contribution in [0, 0.1) is 11.8 Å². The molecule has 0 aromatic heterocycles. The van der Waals surface area contributed by atoms with Crippen LogP contribution in [0.1, 0.15) is 28.7 Å². The summed E-state index contributed by atoms with van der Waals surface area (Å²) in [7, 11) is 3.32. The molecule has 0 radical (unpaired) electrons. The van der Waals surface area contributed by atoms with E-state index in [-0.39, 0.29) is 25.0 Å². The second-order valence-electron chi connectivity index (χ2n) is 10.6. The Bertz CT molecular complexity index is 1520. The predicted octanol–water partition coefficient (Wildman–Crippen LogP) is 5.98. The van der Waals surface area contributed by atoms with E-state index in [1.807, 2.05) is 36.4 Å². The Kier molecular flexibility index (Phi) is 6.33. The van der Waals surface area contributed by atoms with Gasteiger partial charge in [0.1, 0.15) is 11.5 Å². The molecule has 0 saturated carbocycles. The summed E-state index contributed by atoms with van der Waals surface area (Å²) in [4.78, 5) is 0. The zero-order chi connectivity index (χ0) is 27.2. The van der Waals surface area contributed by atoms with Gasteiger partial charge in [0, 0.05) is 23.0 Å². The van der Waals surface area contributed by atoms with Crippen LogP contribution in [0.15, 0.2) is 115 Å². The largest absolute Gasteiger partial charge is 0.496 e. The number of ether oxygens (including phenoxy) is 2. The average Bonchev–Trinajstić information content (AvgIpc) is 3.58. The van der Waals surface area contributed by atoms with Crippen LogP contribution in [-0.2, 0) is 10.8 Å². The van der Waals surface area contributed by atoms with Crippen molar-refractivity contribution in [2.75, 3.05) is 27.4 Å². The number of benzene rings is 2. The maximum atomic E-state index is 11.3. The van der Waals surface area contributed by atoms with Crippen LogP contribution >= 0.6 is 0 Å². The van der Waals surface area contributed by atoms with Gasteiger partial charge in [-0.25, -0.2) is 0 Å². The van der Waals surface area contributed by atoms with Crippen LogP contribution in [0.5, 0.6) is 11.5 Å². The van der Waals surface area contributed by atoms with Crippen molar-refractivity contribution in [2.24, 2.45) is 11.8 Å². The first kappa shape index (κ1) is 25.4. The standard InChI is InChI=1S/C35H34O4/c1-4-24-11-9-10-23-16-17-25(18-23)34(24,21-36)30-19-33(39-3)31(20-32(30)38-2)35(22-37)28-14-7-5-12-26(28)27-13-6-8-15-29(27)35/h4-14,16-20,23,29,36-37H,1,15,21-22H2,2-3H3/b10-9?,24-11+. The van der Waals surface area contributed by atoms with Gasteiger partial charge in [-0.15, -0.1) is 0 Å². The molecule has 4 atom stereocenters. The van der Waals surface area contributed by atoms with Gasteiger partial charge in [-0.1, -0.05) is 91.6 Å². The second-order valence-corrected chi connectivity index (χ2v) is 10.6. The van der Waals surface area contributed by atoms with E-state index in [4.69, 9.17) is 9.47 Å². The lowest BCUT2D eigenvalue weighted by molar-refractivity contribution is 0.190. The molecule has 2 N–H and O–H groups in total. The van der Waals surface area contributed by atoms with E-state index >= 15 is 0 Å². The quantitative estimate of drug-likeness (QED) is 0.474. The maximum absolute atomic E-state index is 11.3. The van der Waals surface area contributed by atoms with E-state index < -0.39 is 10.8 Å². The Balaban J connectivity index is 1.64. The van der Waals surface area contributed by atoms with Crippen LogP contribution in [0.25, 0.3) is 5.57 Å². The number of allylic oxidation sites excluding steroid dienone is 11. The summed E-state index contributed by atoms with van der Waals surface area (Å²) >= 11 is 0. The molecule has 0 saturated heterocycles. The van der Waals surface area contributed by atoms with Crippen molar-refractivity contribution in [3.8, 4) is 11.5 Å². The Labute approximate surface area is 230 Å². The molecule has 4 aliphatic rings. The number of aliphatic hydroxyl groups excluding tert-OH is 2. The molecule has 0 spiro atoms. The summed E-state index contributed by atoms with van der Waals surface area (Å²) in [5, 5.41) is 22.4. The fraction of sp³-hybridized carbons (Fsp3) is 0.257. The first-order valence-electron chi connectivity index (χ1n) is 13.5. The molecule has 4 nitrogen and oxygen atoms in total. The van der Waals surface area contributed by atoms with Crippen molar-refractivity contribution in [3.05, 3.63) is 137 Å². The Morgan fingerprint density at radius 2 is 1.72 bits per heavy atom. The monoisotopic (exact) mass is 518 g/mol. The number of aliphatic hydroxyl groups is 2. The number of rotatable bonds is 7. The number of fused-ring (bicyclic) bond motifs is 4. The zero-order valence-corrected chi connectivity index (χ0v) is 22.4. The zero-order valence-electron chi connectivity index (χ0n) is 22.4. The summed E-state index contributed by atoms with van der Waals surface area (Å²) in [5.41, 5.74) is 5.41. The minimum Gasteiger partial charge on any atom is -0.496 e.